The van der Waals surface area contributed by atoms with Gasteiger partial charge in [-0.15, -0.1) is 0 Å². The molecule has 0 aromatic heterocycles. The van der Waals surface area contributed by atoms with Crippen LogP contribution in [-0.4, -0.2) is 6.71 Å². The van der Waals surface area contributed by atoms with Crippen LogP contribution in [0.2, 0.25) is 0 Å². The molecule has 0 radical (unpaired) electrons. The van der Waals surface area contributed by atoms with Crippen molar-refractivity contribution in [1.29, 1.82) is 0 Å². The van der Waals surface area contributed by atoms with Crippen LogP contribution < -0.4 is 15.3 Å². The second-order valence-electron chi connectivity index (χ2n) is 8.57. The van der Waals surface area contributed by atoms with Crippen LogP contribution in [0, 0.1) is 0 Å². The first-order valence-corrected chi connectivity index (χ1v) is 12.1. The fourth-order valence-electron chi connectivity index (χ4n) is 5.37. The van der Waals surface area contributed by atoms with Crippen molar-refractivity contribution in [3.63, 3.8) is 0 Å². The van der Waals surface area contributed by atoms with Gasteiger partial charge in [0.05, 0.1) is 0 Å². The molecule has 0 aliphatic carbocycles. The minimum absolute atomic E-state index is 0.0644. The van der Waals surface area contributed by atoms with Crippen molar-refractivity contribution in [2.45, 2.75) is 13.8 Å². The Bertz CT molecular complexity index is 1290. The number of hydrogen-bond acceptors (Lipinski definition) is 2. The summed E-state index contributed by atoms with van der Waals surface area (Å²) in [6.07, 6.45) is 12.7. The van der Waals surface area contributed by atoms with E-state index in [1.807, 2.05) is 12.2 Å². The third kappa shape index (κ3) is 3.61. The molecule has 0 N–H and O–H groups in total. The third-order valence-electron chi connectivity index (χ3n) is 6.63. The van der Waals surface area contributed by atoms with Crippen molar-refractivity contribution in [3.8, 4) is 0 Å². The fraction of sp³-hybridized carbons (Fsp3) is 0.0625. The molecule has 0 bridgehead atoms. The number of hydrogen-bond donors (Lipinski definition) is 0. The van der Waals surface area contributed by atoms with E-state index in [0.717, 1.165) is 22.8 Å². The molecule has 3 aromatic carbocycles. The summed E-state index contributed by atoms with van der Waals surface area (Å²) >= 11 is 0. The highest BCUT2D eigenvalue weighted by Crippen LogP contribution is 2.45. The molecule has 2 heterocycles. The third-order valence-corrected chi connectivity index (χ3v) is 6.63. The minimum Gasteiger partial charge on any atom is -0.311 e. The van der Waals surface area contributed by atoms with E-state index in [1.165, 1.54) is 27.8 Å². The summed E-state index contributed by atoms with van der Waals surface area (Å²) in [5.74, 6) is 0. The smallest absolute Gasteiger partial charge is 0.252 e. The Kier molecular flexibility index (Phi) is 6.16. The zero-order chi connectivity index (χ0) is 24.4. The van der Waals surface area contributed by atoms with Crippen molar-refractivity contribution in [2.75, 3.05) is 9.80 Å². The van der Waals surface area contributed by atoms with E-state index in [-0.39, 0.29) is 6.71 Å². The van der Waals surface area contributed by atoms with Crippen molar-refractivity contribution >= 4 is 34.9 Å². The predicted octanol–water partition coefficient (Wildman–Crippen LogP) is 7.80. The fourth-order valence-corrected chi connectivity index (χ4v) is 5.37. The highest BCUT2D eigenvalue weighted by atomic mass is 15.2. The van der Waals surface area contributed by atoms with Gasteiger partial charge in [-0.1, -0.05) is 79.9 Å². The maximum Gasteiger partial charge on any atom is 0.252 e. The Morgan fingerprint density at radius 3 is 1.40 bits per heavy atom. The molecule has 0 saturated heterocycles. The van der Waals surface area contributed by atoms with Crippen LogP contribution >= 0.6 is 0 Å². The summed E-state index contributed by atoms with van der Waals surface area (Å²) in [5, 5.41) is 0. The normalized spacial score (nSPS) is 15.3. The van der Waals surface area contributed by atoms with Crippen LogP contribution in [0.5, 0.6) is 0 Å². The molecule has 2 aliphatic rings. The topological polar surface area (TPSA) is 6.48 Å². The highest BCUT2D eigenvalue weighted by Gasteiger charge is 2.42. The van der Waals surface area contributed by atoms with E-state index in [1.54, 1.807) is 0 Å². The Morgan fingerprint density at radius 1 is 0.600 bits per heavy atom. The van der Waals surface area contributed by atoms with Gasteiger partial charge in [0, 0.05) is 34.1 Å². The molecule has 2 aliphatic heterocycles. The van der Waals surface area contributed by atoms with Gasteiger partial charge >= 0.3 is 0 Å². The van der Waals surface area contributed by atoms with Crippen molar-refractivity contribution < 1.29 is 0 Å². The number of nitrogens with zero attached hydrogens (tertiary/aromatic N) is 2. The minimum atomic E-state index is 0.0644. The molecule has 0 amide bonds. The van der Waals surface area contributed by atoms with Gasteiger partial charge < -0.3 is 9.80 Å². The summed E-state index contributed by atoms with van der Waals surface area (Å²) in [6.45, 7) is 12.7. The van der Waals surface area contributed by atoms with Crippen LogP contribution in [0.1, 0.15) is 13.8 Å². The molecular weight excluding hydrogens is 423 g/mol. The lowest BCUT2D eigenvalue weighted by atomic mass is 9.32. The maximum atomic E-state index is 4.25. The van der Waals surface area contributed by atoms with Crippen LogP contribution in [0.4, 0.5) is 22.7 Å². The van der Waals surface area contributed by atoms with Gasteiger partial charge in [0.2, 0.25) is 0 Å². The van der Waals surface area contributed by atoms with Gasteiger partial charge in [-0.3, -0.25) is 0 Å². The zero-order valence-corrected chi connectivity index (χ0v) is 20.4. The molecule has 0 fully saturated rings. The van der Waals surface area contributed by atoms with E-state index in [0.29, 0.717) is 0 Å². The summed E-state index contributed by atoms with van der Waals surface area (Å²) < 4.78 is 0. The van der Waals surface area contributed by atoms with E-state index >= 15 is 0 Å². The van der Waals surface area contributed by atoms with Gasteiger partial charge in [0.15, 0.2) is 0 Å². The summed E-state index contributed by atoms with van der Waals surface area (Å²) in [6, 6.07) is 27.7. The lowest BCUT2D eigenvalue weighted by molar-refractivity contribution is 1.16. The second kappa shape index (κ2) is 9.56. The SMILES string of the molecule is C=CC1=C(/C=C\C)B2C(/C=C\C)=C(C=C)N(c3ccccc3)c3cccc(c32)N1c1ccccc1. The van der Waals surface area contributed by atoms with Crippen molar-refractivity contribution in [3.05, 3.63) is 151 Å². The molecule has 0 saturated carbocycles. The molecular formula is C32H29BN2. The average molecular weight is 452 g/mol. The number of para-hydroxylation sites is 2. The molecule has 170 valence electrons. The van der Waals surface area contributed by atoms with Gasteiger partial charge in [0.1, 0.15) is 0 Å². The molecule has 0 atom stereocenters. The number of rotatable bonds is 6. The largest absolute Gasteiger partial charge is 0.311 e. The maximum absolute atomic E-state index is 4.25. The monoisotopic (exact) mass is 452 g/mol. The second-order valence-corrected chi connectivity index (χ2v) is 8.57. The zero-order valence-electron chi connectivity index (χ0n) is 20.4. The Hall–Kier alpha value is -4.24. The summed E-state index contributed by atoms with van der Waals surface area (Å²) in [7, 11) is 0. The molecule has 0 unspecified atom stereocenters. The first-order chi connectivity index (χ1) is 17.2. The van der Waals surface area contributed by atoms with Gasteiger partial charge in [0.25, 0.3) is 6.71 Å². The molecule has 35 heavy (non-hydrogen) atoms. The lowest BCUT2D eigenvalue weighted by Crippen LogP contribution is -2.49. The van der Waals surface area contributed by atoms with E-state index in [4.69, 9.17) is 0 Å². The lowest BCUT2D eigenvalue weighted by Gasteiger charge is -2.44. The molecule has 3 aromatic rings. The summed E-state index contributed by atoms with van der Waals surface area (Å²) in [4.78, 5) is 4.68. The van der Waals surface area contributed by atoms with Gasteiger partial charge in [-0.25, -0.2) is 0 Å². The standard InChI is InChI=1S/C32H29BN2/c1-5-16-26-28(7-3)34(24-18-11-9-12-19-24)30-22-15-23-31-32(30)33(26)27(17-6-2)29(8-4)35(31)25-20-13-10-14-21-25/h5-23H,3-4H2,1-2H3/b16-5-,17-6-. The Labute approximate surface area is 209 Å². The molecule has 0 spiro atoms. The van der Waals surface area contributed by atoms with Crippen molar-refractivity contribution in [1.82, 2.24) is 0 Å². The van der Waals surface area contributed by atoms with E-state index < -0.39 is 0 Å². The van der Waals surface area contributed by atoms with Crippen LogP contribution in [0.15, 0.2) is 151 Å². The van der Waals surface area contributed by atoms with Gasteiger partial charge in [-0.05, 0) is 78.8 Å². The van der Waals surface area contributed by atoms with Crippen LogP contribution in [-0.2, 0) is 0 Å². The quantitative estimate of drug-likeness (QED) is 0.352. The highest BCUT2D eigenvalue weighted by molar-refractivity contribution is 6.90. The van der Waals surface area contributed by atoms with Crippen molar-refractivity contribution in [2.24, 2.45) is 0 Å². The Morgan fingerprint density at radius 2 is 1.03 bits per heavy atom. The first kappa shape index (κ1) is 22.6. The molecule has 3 heteroatoms. The number of anilines is 4. The summed E-state index contributed by atoms with van der Waals surface area (Å²) in [5.41, 5.74) is 10.5. The van der Waals surface area contributed by atoms with Crippen LogP contribution in [0.3, 0.4) is 0 Å². The van der Waals surface area contributed by atoms with E-state index in [2.05, 4.69) is 140 Å². The molecule has 5 rings (SSSR count). The number of allylic oxidation sites excluding steroid dienone is 8. The average Bonchev–Trinajstić information content (AvgIpc) is 2.91. The Balaban J connectivity index is 1.92. The molecule has 2 nitrogen and oxygen atoms in total. The first-order valence-electron chi connectivity index (χ1n) is 12.1. The predicted molar refractivity (Wildman–Crippen MR) is 153 cm³/mol. The number of benzene rings is 3. The van der Waals surface area contributed by atoms with Gasteiger partial charge in [-0.2, -0.15) is 0 Å². The van der Waals surface area contributed by atoms with Crippen LogP contribution in [0.25, 0.3) is 0 Å². The van der Waals surface area contributed by atoms with E-state index in [9.17, 15) is 0 Å².